The zero-order valence-corrected chi connectivity index (χ0v) is 11.0. The number of nitrogens with zero attached hydrogens (tertiary/aromatic N) is 1. The maximum Gasteiger partial charge on any atom is 0.307 e. The van der Waals surface area contributed by atoms with E-state index in [1.54, 1.807) is 23.7 Å². The van der Waals surface area contributed by atoms with Gasteiger partial charge < -0.3 is 4.57 Å². The molecule has 0 bridgehead atoms. The molecule has 2 rings (SSSR count). The van der Waals surface area contributed by atoms with Crippen molar-refractivity contribution in [3.63, 3.8) is 0 Å². The van der Waals surface area contributed by atoms with Gasteiger partial charge in [-0.25, -0.2) is 0 Å². The SMILES string of the molecule is Cn1c(=O)sc2cc(C(=O)CCCCl)ccc21. The second-order valence-corrected chi connectivity index (χ2v) is 5.20. The van der Waals surface area contributed by atoms with Crippen molar-refractivity contribution >= 4 is 38.9 Å². The lowest BCUT2D eigenvalue weighted by Gasteiger charge is -2.00. The van der Waals surface area contributed by atoms with Crippen LogP contribution >= 0.6 is 22.9 Å². The number of carbonyl (C=O) groups is 1. The number of thiazole rings is 1. The summed E-state index contributed by atoms with van der Waals surface area (Å²) >= 11 is 6.72. The zero-order valence-electron chi connectivity index (χ0n) is 9.40. The predicted molar refractivity (Wildman–Crippen MR) is 71.4 cm³/mol. The number of ketones is 1. The van der Waals surface area contributed by atoms with E-state index in [2.05, 4.69) is 0 Å². The van der Waals surface area contributed by atoms with Gasteiger partial charge in [-0.3, -0.25) is 9.59 Å². The molecule has 0 radical (unpaired) electrons. The number of hydrogen-bond acceptors (Lipinski definition) is 3. The molecule has 0 aliphatic rings. The van der Waals surface area contributed by atoms with Gasteiger partial charge in [0.05, 0.1) is 10.2 Å². The first kappa shape index (κ1) is 12.3. The van der Waals surface area contributed by atoms with Crippen molar-refractivity contribution in [2.24, 2.45) is 7.05 Å². The van der Waals surface area contributed by atoms with E-state index in [1.165, 1.54) is 0 Å². The van der Waals surface area contributed by atoms with Crippen LogP contribution < -0.4 is 4.87 Å². The molecule has 0 saturated heterocycles. The first-order chi connectivity index (χ1) is 8.13. The lowest BCUT2D eigenvalue weighted by molar-refractivity contribution is 0.0982. The fourth-order valence-corrected chi connectivity index (χ4v) is 2.73. The predicted octanol–water partition coefficient (Wildman–Crippen LogP) is 2.80. The molecule has 0 unspecified atom stereocenters. The minimum Gasteiger partial charge on any atom is -0.302 e. The first-order valence-electron chi connectivity index (χ1n) is 5.32. The molecule has 0 fully saturated rings. The molecule has 90 valence electrons. The number of alkyl halides is 1. The Morgan fingerprint density at radius 1 is 1.47 bits per heavy atom. The van der Waals surface area contributed by atoms with Gasteiger partial charge in [-0.1, -0.05) is 11.3 Å². The van der Waals surface area contributed by atoms with E-state index in [0.717, 1.165) is 21.6 Å². The van der Waals surface area contributed by atoms with Crippen molar-refractivity contribution in [2.45, 2.75) is 12.8 Å². The van der Waals surface area contributed by atoms with E-state index >= 15 is 0 Å². The highest BCUT2D eigenvalue weighted by Gasteiger charge is 2.09. The number of fused-ring (bicyclic) bond motifs is 1. The van der Waals surface area contributed by atoms with Gasteiger partial charge in [0.1, 0.15) is 0 Å². The zero-order chi connectivity index (χ0) is 12.4. The molecule has 3 nitrogen and oxygen atoms in total. The Morgan fingerprint density at radius 3 is 2.94 bits per heavy atom. The third-order valence-electron chi connectivity index (χ3n) is 2.65. The minimum absolute atomic E-state index is 0.00893. The molecular formula is C12H12ClNO2S. The third-order valence-corrected chi connectivity index (χ3v) is 3.91. The molecule has 0 atom stereocenters. The number of aryl methyl sites for hydroxylation is 1. The van der Waals surface area contributed by atoms with Crippen LogP contribution in [0.5, 0.6) is 0 Å². The van der Waals surface area contributed by atoms with Gasteiger partial charge in [0, 0.05) is 24.9 Å². The van der Waals surface area contributed by atoms with Gasteiger partial charge in [-0.15, -0.1) is 11.6 Å². The molecule has 0 spiro atoms. The fourth-order valence-electron chi connectivity index (χ4n) is 1.68. The van der Waals surface area contributed by atoms with E-state index in [0.29, 0.717) is 24.3 Å². The largest absolute Gasteiger partial charge is 0.307 e. The van der Waals surface area contributed by atoms with E-state index in [9.17, 15) is 9.59 Å². The van der Waals surface area contributed by atoms with Gasteiger partial charge in [0.2, 0.25) is 0 Å². The van der Waals surface area contributed by atoms with Crippen molar-refractivity contribution in [3.05, 3.63) is 33.4 Å². The third kappa shape index (κ3) is 2.42. The van der Waals surface area contributed by atoms with Crippen molar-refractivity contribution in [2.75, 3.05) is 5.88 Å². The van der Waals surface area contributed by atoms with E-state index < -0.39 is 0 Å². The Bertz CT molecular complexity index is 614. The van der Waals surface area contributed by atoms with Crippen LogP contribution in [0.4, 0.5) is 0 Å². The smallest absolute Gasteiger partial charge is 0.302 e. The van der Waals surface area contributed by atoms with Crippen LogP contribution in [0.25, 0.3) is 10.2 Å². The minimum atomic E-state index is -0.00893. The van der Waals surface area contributed by atoms with Crippen LogP contribution in [-0.4, -0.2) is 16.2 Å². The van der Waals surface area contributed by atoms with Crippen LogP contribution in [0, 0.1) is 0 Å². The highest BCUT2D eigenvalue weighted by atomic mass is 35.5. The molecule has 0 amide bonds. The number of carbonyl (C=O) groups excluding carboxylic acids is 1. The Labute approximate surface area is 108 Å². The maximum absolute atomic E-state index is 11.8. The topological polar surface area (TPSA) is 39.1 Å². The molecule has 0 aliphatic carbocycles. The second kappa shape index (κ2) is 5.02. The Balaban J connectivity index is 2.38. The summed E-state index contributed by atoms with van der Waals surface area (Å²) in [7, 11) is 1.73. The number of hydrogen-bond donors (Lipinski definition) is 0. The number of benzene rings is 1. The highest BCUT2D eigenvalue weighted by Crippen LogP contribution is 2.19. The Hall–Kier alpha value is -1.13. The summed E-state index contributed by atoms with van der Waals surface area (Å²) in [5.41, 5.74) is 1.53. The monoisotopic (exact) mass is 269 g/mol. The number of halogens is 1. The number of Topliss-reactive ketones (excluding diaryl/α,β-unsaturated/α-hetero) is 1. The van der Waals surface area contributed by atoms with Gasteiger partial charge >= 0.3 is 4.87 Å². The Kier molecular flexibility index (Phi) is 3.64. The molecule has 1 aromatic carbocycles. The molecule has 1 aromatic heterocycles. The quantitative estimate of drug-likeness (QED) is 0.632. The highest BCUT2D eigenvalue weighted by molar-refractivity contribution is 7.16. The summed E-state index contributed by atoms with van der Waals surface area (Å²) in [6.07, 6.45) is 1.14. The van der Waals surface area contributed by atoms with Crippen molar-refractivity contribution in [1.82, 2.24) is 4.57 Å². The molecule has 2 aromatic rings. The van der Waals surface area contributed by atoms with Gasteiger partial charge in [0.25, 0.3) is 0 Å². The maximum atomic E-state index is 11.8. The normalized spacial score (nSPS) is 10.9. The van der Waals surface area contributed by atoms with Crippen LogP contribution in [-0.2, 0) is 7.05 Å². The first-order valence-corrected chi connectivity index (χ1v) is 6.67. The van der Waals surface area contributed by atoms with Gasteiger partial charge in [-0.05, 0) is 24.6 Å². The summed E-state index contributed by atoms with van der Waals surface area (Å²) in [5.74, 6) is 0.572. The summed E-state index contributed by atoms with van der Waals surface area (Å²) in [5, 5.41) is 0. The van der Waals surface area contributed by atoms with Crippen molar-refractivity contribution in [3.8, 4) is 0 Å². The molecule has 0 aliphatic heterocycles. The van der Waals surface area contributed by atoms with E-state index in [1.807, 2.05) is 6.07 Å². The van der Waals surface area contributed by atoms with Crippen LogP contribution in [0.15, 0.2) is 23.0 Å². The molecule has 0 saturated carbocycles. The second-order valence-electron chi connectivity index (χ2n) is 3.83. The van der Waals surface area contributed by atoms with Crippen LogP contribution in [0.1, 0.15) is 23.2 Å². The fraction of sp³-hybridized carbons (Fsp3) is 0.333. The van der Waals surface area contributed by atoms with Crippen molar-refractivity contribution in [1.29, 1.82) is 0 Å². The summed E-state index contributed by atoms with van der Waals surface area (Å²) in [6.45, 7) is 0. The molecular weight excluding hydrogens is 258 g/mol. The average molecular weight is 270 g/mol. The molecule has 17 heavy (non-hydrogen) atoms. The van der Waals surface area contributed by atoms with Crippen molar-refractivity contribution < 1.29 is 4.79 Å². The Morgan fingerprint density at radius 2 is 2.24 bits per heavy atom. The molecule has 1 heterocycles. The molecule has 5 heteroatoms. The average Bonchev–Trinajstić information content (AvgIpc) is 2.61. The van der Waals surface area contributed by atoms with Crippen LogP contribution in [0.3, 0.4) is 0 Å². The summed E-state index contributed by atoms with van der Waals surface area (Å²) < 4.78 is 2.45. The number of aromatic nitrogens is 1. The lowest BCUT2D eigenvalue weighted by Crippen LogP contribution is -2.06. The van der Waals surface area contributed by atoms with E-state index in [4.69, 9.17) is 11.6 Å². The number of rotatable bonds is 4. The lowest BCUT2D eigenvalue weighted by atomic mass is 10.1. The standard InChI is InChI=1S/C12H12ClNO2S/c1-14-9-5-4-8(10(15)3-2-6-13)7-11(9)17-12(14)16/h4-5,7H,2-3,6H2,1H3. The van der Waals surface area contributed by atoms with E-state index in [-0.39, 0.29) is 10.7 Å². The summed E-state index contributed by atoms with van der Waals surface area (Å²) in [6, 6.07) is 5.38. The van der Waals surface area contributed by atoms with Crippen LogP contribution in [0.2, 0.25) is 0 Å². The van der Waals surface area contributed by atoms with Gasteiger partial charge in [-0.2, -0.15) is 0 Å². The van der Waals surface area contributed by atoms with Gasteiger partial charge in [0.15, 0.2) is 5.78 Å². The summed E-state index contributed by atoms with van der Waals surface area (Å²) in [4.78, 5) is 23.3. The molecule has 0 N–H and O–H groups in total.